The number of amides is 1. The summed E-state index contributed by atoms with van der Waals surface area (Å²) in [6, 6.07) is 10.9. The van der Waals surface area contributed by atoms with Crippen molar-refractivity contribution in [1.82, 2.24) is 10.2 Å². The van der Waals surface area contributed by atoms with Crippen LogP contribution in [0, 0.1) is 0 Å². The van der Waals surface area contributed by atoms with Crippen LogP contribution in [0.15, 0.2) is 30.3 Å². The number of benzene rings is 1. The minimum atomic E-state index is -0.403. The highest BCUT2D eigenvalue weighted by Crippen LogP contribution is 2.29. The smallest absolute Gasteiger partial charge is 0.237 e. The van der Waals surface area contributed by atoms with Gasteiger partial charge >= 0.3 is 0 Å². The van der Waals surface area contributed by atoms with Gasteiger partial charge in [-0.25, -0.2) is 0 Å². The van der Waals surface area contributed by atoms with Crippen LogP contribution in [0.1, 0.15) is 31.2 Å². The Morgan fingerprint density at radius 3 is 2.76 bits per heavy atom. The molecule has 1 unspecified atom stereocenters. The van der Waals surface area contributed by atoms with Crippen molar-refractivity contribution in [3.8, 4) is 0 Å². The van der Waals surface area contributed by atoms with Crippen molar-refractivity contribution < 1.29 is 4.79 Å². The lowest BCUT2D eigenvalue weighted by molar-refractivity contribution is -0.123. The first-order chi connectivity index (χ1) is 10.2. The number of rotatable bonds is 6. The van der Waals surface area contributed by atoms with E-state index in [1.807, 2.05) is 18.2 Å². The summed E-state index contributed by atoms with van der Waals surface area (Å²) < 4.78 is 0. The predicted molar refractivity (Wildman–Crippen MR) is 83.9 cm³/mol. The molecule has 0 aromatic heterocycles. The topological polar surface area (TPSA) is 58.4 Å². The lowest BCUT2D eigenvalue weighted by atomic mass is 10.1. The number of nitrogens with two attached hydrogens (primary N) is 1. The number of likely N-dealkylation sites (tertiary alicyclic amines) is 1. The van der Waals surface area contributed by atoms with E-state index in [2.05, 4.69) is 22.3 Å². The van der Waals surface area contributed by atoms with Gasteiger partial charge in [-0.3, -0.25) is 9.69 Å². The molecule has 4 heteroatoms. The van der Waals surface area contributed by atoms with Crippen molar-refractivity contribution in [2.45, 2.75) is 50.2 Å². The van der Waals surface area contributed by atoms with Crippen LogP contribution in [0.2, 0.25) is 0 Å². The van der Waals surface area contributed by atoms with Crippen LogP contribution in [-0.2, 0) is 11.2 Å². The Morgan fingerprint density at radius 2 is 2.05 bits per heavy atom. The van der Waals surface area contributed by atoms with Gasteiger partial charge in [-0.2, -0.15) is 0 Å². The molecule has 2 fully saturated rings. The van der Waals surface area contributed by atoms with E-state index in [1.54, 1.807) is 0 Å². The largest absolute Gasteiger partial charge is 0.351 e. The third kappa shape index (κ3) is 4.05. The minimum absolute atomic E-state index is 0.00794. The fourth-order valence-electron chi connectivity index (χ4n) is 3.08. The van der Waals surface area contributed by atoms with Crippen LogP contribution < -0.4 is 11.1 Å². The summed E-state index contributed by atoms with van der Waals surface area (Å²) in [6.07, 6.45) is 5.28. The second kappa shape index (κ2) is 6.58. The molecule has 1 amide bonds. The van der Waals surface area contributed by atoms with Crippen LogP contribution in [0.5, 0.6) is 0 Å². The van der Waals surface area contributed by atoms with Crippen LogP contribution in [0.3, 0.4) is 0 Å². The van der Waals surface area contributed by atoms with Crippen LogP contribution in [0.25, 0.3) is 0 Å². The zero-order valence-corrected chi connectivity index (χ0v) is 12.5. The highest BCUT2D eigenvalue weighted by atomic mass is 16.2. The number of hydrogen-bond donors (Lipinski definition) is 2. The molecule has 1 heterocycles. The molecule has 0 radical (unpaired) electrons. The number of nitrogens with zero attached hydrogens (tertiary/aromatic N) is 1. The van der Waals surface area contributed by atoms with Gasteiger partial charge in [-0.1, -0.05) is 30.3 Å². The molecular weight excluding hydrogens is 262 g/mol. The fourth-order valence-corrected chi connectivity index (χ4v) is 3.08. The summed E-state index contributed by atoms with van der Waals surface area (Å²) in [6.45, 7) is 2.12. The third-order valence-corrected chi connectivity index (χ3v) is 4.55. The highest BCUT2D eigenvalue weighted by molar-refractivity contribution is 5.81. The van der Waals surface area contributed by atoms with Gasteiger partial charge in [0.15, 0.2) is 0 Å². The molecule has 1 saturated heterocycles. The second-order valence-electron chi connectivity index (χ2n) is 6.35. The quantitative estimate of drug-likeness (QED) is 0.829. The number of nitrogens with one attached hydrogen (secondary N) is 1. The summed E-state index contributed by atoms with van der Waals surface area (Å²) in [5.41, 5.74) is 7.26. The molecule has 4 nitrogen and oxygen atoms in total. The van der Waals surface area contributed by atoms with Crippen LogP contribution in [0.4, 0.5) is 0 Å². The van der Waals surface area contributed by atoms with Gasteiger partial charge in [-0.05, 0) is 37.7 Å². The van der Waals surface area contributed by atoms with Crippen molar-refractivity contribution in [2.75, 3.05) is 13.1 Å². The molecule has 0 bridgehead atoms. The zero-order chi connectivity index (χ0) is 14.7. The first-order valence-corrected chi connectivity index (χ1v) is 8.06. The van der Waals surface area contributed by atoms with E-state index in [1.165, 1.54) is 18.4 Å². The summed E-state index contributed by atoms with van der Waals surface area (Å²) in [4.78, 5) is 14.7. The number of carbonyl (C=O) groups is 1. The normalized spacial score (nSPS) is 24.0. The Morgan fingerprint density at radius 1 is 1.29 bits per heavy atom. The molecule has 114 valence electrons. The molecule has 1 aromatic carbocycles. The van der Waals surface area contributed by atoms with E-state index in [-0.39, 0.29) is 5.91 Å². The molecular formula is C17H25N3O. The predicted octanol–water partition coefficient (Wildman–Crippen LogP) is 1.30. The van der Waals surface area contributed by atoms with Crippen molar-refractivity contribution in [2.24, 2.45) is 5.73 Å². The Kier molecular flexibility index (Phi) is 4.56. The van der Waals surface area contributed by atoms with Crippen LogP contribution in [-0.4, -0.2) is 42.0 Å². The summed E-state index contributed by atoms with van der Waals surface area (Å²) >= 11 is 0. The van der Waals surface area contributed by atoms with E-state index in [4.69, 9.17) is 5.73 Å². The molecule has 2 aliphatic rings. The Hall–Kier alpha value is -1.39. The molecule has 3 rings (SSSR count). The number of aryl methyl sites for hydroxylation is 1. The molecule has 3 N–H and O–H groups in total. The van der Waals surface area contributed by atoms with Gasteiger partial charge in [0.1, 0.15) is 0 Å². The Balaban J connectivity index is 1.40. The molecule has 1 aromatic rings. The van der Waals surface area contributed by atoms with Gasteiger partial charge in [0.05, 0.1) is 6.04 Å². The maximum atomic E-state index is 12.2. The van der Waals surface area contributed by atoms with E-state index < -0.39 is 6.04 Å². The van der Waals surface area contributed by atoms with Crippen molar-refractivity contribution in [3.05, 3.63) is 35.9 Å². The molecule has 21 heavy (non-hydrogen) atoms. The second-order valence-corrected chi connectivity index (χ2v) is 6.35. The van der Waals surface area contributed by atoms with Gasteiger partial charge in [0.25, 0.3) is 0 Å². The van der Waals surface area contributed by atoms with Crippen LogP contribution >= 0.6 is 0 Å². The minimum Gasteiger partial charge on any atom is -0.351 e. The maximum absolute atomic E-state index is 12.2. The average Bonchev–Trinajstić information content (AvgIpc) is 3.26. The summed E-state index contributed by atoms with van der Waals surface area (Å²) in [7, 11) is 0. The van der Waals surface area contributed by atoms with Crippen molar-refractivity contribution in [3.63, 3.8) is 0 Å². The highest BCUT2D eigenvalue weighted by Gasteiger charge is 2.35. The van der Waals surface area contributed by atoms with Gasteiger partial charge in [0.2, 0.25) is 5.91 Å². The molecule has 1 saturated carbocycles. The summed E-state index contributed by atoms with van der Waals surface area (Å²) in [5.74, 6) is 0.00794. The van der Waals surface area contributed by atoms with Gasteiger partial charge < -0.3 is 11.1 Å². The lowest BCUT2D eigenvalue weighted by Gasteiger charge is -2.18. The molecule has 2 atom stereocenters. The third-order valence-electron chi connectivity index (χ3n) is 4.55. The SMILES string of the molecule is N[C@@H](CCc1ccccc1)C(=O)NC1CCN(C2CC2)C1. The standard InChI is InChI=1S/C17H25N3O/c18-16(9-6-13-4-2-1-3-5-13)17(21)19-14-10-11-20(12-14)15-7-8-15/h1-5,14-16H,6-12,18H2,(H,19,21)/t14?,16-/m0/s1. The molecule has 0 spiro atoms. The molecule has 1 aliphatic heterocycles. The van der Waals surface area contributed by atoms with Gasteiger partial charge in [-0.15, -0.1) is 0 Å². The van der Waals surface area contributed by atoms with E-state index in [9.17, 15) is 4.79 Å². The van der Waals surface area contributed by atoms with E-state index in [0.717, 1.165) is 32.0 Å². The first-order valence-electron chi connectivity index (χ1n) is 8.06. The average molecular weight is 287 g/mol. The number of hydrogen-bond acceptors (Lipinski definition) is 3. The maximum Gasteiger partial charge on any atom is 0.237 e. The molecule has 1 aliphatic carbocycles. The Labute approximate surface area is 126 Å². The van der Waals surface area contributed by atoms with Gasteiger partial charge in [0, 0.05) is 25.2 Å². The zero-order valence-electron chi connectivity index (χ0n) is 12.5. The monoisotopic (exact) mass is 287 g/mol. The summed E-state index contributed by atoms with van der Waals surface area (Å²) in [5, 5.41) is 3.12. The lowest BCUT2D eigenvalue weighted by Crippen LogP contribution is -2.46. The van der Waals surface area contributed by atoms with E-state index in [0.29, 0.717) is 12.5 Å². The Bertz CT molecular complexity index is 472. The first kappa shape index (κ1) is 14.5. The van der Waals surface area contributed by atoms with Crippen molar-refractivity contribution >= 4 is 5.91 Å². The van der Waals surface area contributed by atoms with Crippen molar-refractivity contribution in [1.29, 1.82) is 0 Å². The fraction of sp³-hybridized carbons (Fsp3) is 0.588. The number of carbonyl (C=O) groups excluding carboxylic acids is 1. The van der Waals surface area contributed by atoms with E-state index >= 15 is 0 Å².